The molecule has 1 N–H and O–H groups in total. The monoisotopic (exact) mass is 307 g/mol. The molecule has 0 radical (unpaired) electrons. The van der Waals surface area contributed by atoms with Gasteiger partial charge in [-0.1, -0.05) is 23.2 Å². The first kappa shape index (κ1) is 16.1. The molecule has 0 bridgehead atoms. The Bertz CT molecular complexity index is 330. The lowest BCUT2D eigenvalue weighted by Crippen LogP contribution is -2.19. The maximum Gasteiger partial charge on any atom is 0.0477 e. The lowest BCUT2D eigenvalue weighted by Gasteiger charge is -2.05. The van der Waals surface area contributed by atoms with Crippen molar-refractivity contribution in [2.45, 2.75) is 18.2 Å². The molecule has 1 aromatic rings. The normalized spacial score (nSPS) is 10.8. The molecule has 1 rings (SSSR count). The zero-order valence-electron chi connectivity index (χ0n) is 10.5. The van der Waals surface area contributed by atoms with Crippen molar-refractivity contribution in [3.05, 3.63) is 28.2 Å². The summed E-state index contributed by atoms with van der Waals surface area (Å²) in [4.78, 5) is 1.11. The summed E-state index contributed by atoms with van der Waals surface area (Å²) in [6.45, 7) is 5.61. The molecule has 1 aromatic carbocycles. The van der Waals surface area contributed by atoms with Gasteiger partial charge in [0.15, 0.2) is 0 Å². The van der Waals surface area contributed by atoms with Crippen molar-refractivity contribution in [1.82, 2.24) is 5.32 Å². The van der Waals surface area contributed by atoms with Crippen LogP contribution in [0, 0.1) is 0 Å². The van der Waals surface area contributed by atoms with E-state index in [0.717, 1.165) is 43.4 Å². The summed E-state index contributed by atoms with van der Waals surface area (Å²) >= 11 is 13.6. The largest absolute Gasteiger partial charge is 0.382 e. The van der Waals surface area contributed by atoms with Crippen LogP contribution < -0.4 is 5.32 Å². The van der Waals surface area contributed by atoms with E-state index in [2.05, 4.69) is 5.32 Å². The number of rotatable bonds is 9. The van der Waals surface area contributed by atoms with Gasteiger partial charge in [-0.15, -0.1) is 11.8 Å². The molecule has 0 aliphatic rings. The fraction of sp³-hybridized carbons (Fsp3) is 0.538. The summed E-state index contributed by atoms with van der Waals surface area (Å²) in [7, 11) is 0. The van der Waals surface area contributed by atoms with Gasteiger partial charge in [0, 0.05) is 40.5 Å². The topological polar surface area (TPSA) is 21.3 Å². The van der Waals surface area contributed by atoms with Crippen LogP contribution >= 0.6 is 35.0 Å². The third-order valence-corrected chi connectivity index (χ3v) is 3.64. The van der Waals surface area contributed by atoms with Crippen LogP contribution in [0.4, 0.5) is 0 Å². The molecule has 0 unspecified atom stereocenters. The van der Waals surface area contributed by atoms with Gasteiger partial charge in [-0.3, -0.25) is 0 Å². The van der Waals surface area contributed by atoms with Gasteiger partial charge in [0.1, 0.15) is 0 Å². The van der Waals surface area contributed by atoms with Crippen LogP contribution in [0.3, 0.4) is 0 Å². The minimum atomic E-state index is 0.690. The standard InChI is InChI=1S/C13H19Cl2NOS/c1-2-17-6-3-4-16-5-7-18-13-9-11(14)8-12(15)10-13/h8-10,16H,2-7H2,1H3. The Labute approximate surface area is 123 Å². The van der Waals surface area contributed by atoms with Crippen molar-refractivity contribution in [3.63, 3.8) is 0 Å². The van der Waals surface area contributed by atoms with Crippen molar-refractivity contribution in [2.75, 3.05) is 32.1 Å². The molecule has 0 amide bonds. The van der Waals surface area contributed by atoms with Gasteiger partial charge in [0.25, 0.3) is 0 Å². The number of hydrogen-bond donors (Lipinski definition) is 1. The lowest BCUT2D eigenvalue weighted by atomic mass is 10.4. The highest BCUT2D eigenvalue weighted by molar-refractivity contribution is 7.99. The Balaban J connectivity index is 2.07. The van der Waals surface area contributed by atoms with E-state index in [9.17, 15) is 0 Å². The van der Waals surface area contributed by atoms with E-state index in [1.54, 1.807) is 17.8 Å². The first-order valence-corrected chi connectivity index (χ1v) is 7.84. The minimum absolute atomic E-state index is 0.690. The van der Waals surface area contributed by atoms with E-state index in [4.69, 9.17) is 27.9 Å². The fourth-order valence-corrected chi connectivity index (χ4v) is 2.98. The second-order valence-electron chi connectivity index (χ2n) is 3.75. The van der Waals surface area contributed by atoms with Crippen LogP contribution in [-0.2, 0) is 4.74 Å². The van der Waals surface area contributed by atoms with E-state index in [0.29, 0.717) is 10.0 Å². The van der Waals surface area contributed by atoms with Crippen LogP contribution in [0.1, 0.15) is 13.3 Å². The maximum atomic E-state index is 5.93. The zero-order valence-corrected chi connectivity index (χ0v) is 12.9. The number of nitrogens with one attached hydrogen (secondary N) is 1. The summed E-state index contributed by atoms with van der Waals surface area (Å²) < 4.78 is 5.26. The molecule has 0 aliphatic carbocycles. The summed E-state index contributed by atoms with van der Waals surface area (Å²) in [5, 5.41) is 4.76. The molecule has 0 aromatic heterocycles. The Morgan fingerprint density at radius 2 is 1.89 bits per heavy atom. The fourth-order valence-electron chi connectivity index (χ4n) is 1.42. The highest BCUT2D eigenvalue weighted by Crippen LogP contribution is 2.26. The molecule has 0 heterocycles. The van der Waals surface area contributed by atoms with Crippen LogP contribution in [0.25, 0.3) is 0 Å². The molecule has 5 heteroatoms. The van der Waals surface area contributed by atoms with E-state index in [-0.39, 0.29) is 0 Å². The van der Waals surface area contributed by atoms with Gasteiger partial charge in [0.2, 0.25) is 0 Å². The molecule has 0 saturated heterocycles. The maximum absolute atomic E-state index is 5.93. The summed E-state index contributed by atoms with van der Waals surface area (Å²) in [5.74, 6) is 1.01. The first-order chi connectivity index (χ1) is 8.72. The summed E-state index contributed by atoms with van der Waals surface area (Å²) in [5.41, 5.74) is 0. The quantitative estimate of drug-likeness (QED) is 0.548. The lowest BCUT2D eigenvalue weighted by molar-refractivity contribution is 0.145. The first-order valence-electron chi connectivity index (χ1n) is 6.09. The Kier molecular flexibility index (Phi) is 8.90. The number of halogens is 2. The van der Waals surface area contributed by atoms with Gasteiger partial charge in [-0.05, 0) is 38.1 Å². The molecule has 102 valence electrons. The van der Waals surface area contributed by atoms with E-state index in [1.165, 1.54) is 0 Å². The molecule has 0 atom stereocenters. The molecule has 18 heavy (non-hydrogen) atoms. The van der Waals surface area contributed by atoms with Gasteiger partial charge in [-0.2, -0.15) is 0 Å². The molecular formula is C13H19Cl2NOS. The summed E-state index contributed by atoms with van der Waals surface area (Å²) in [6.07, 6.45) is 1.06. The molecular weight excluding hydrogens is 289 g/mol. The third-order valence-electron chi connectivity index (χ3n) is 2.23. The molecule has 0 spiro atoms. The zero-order chi connectivity index (χ0) is 13.2. The van der Waals surface area contributed by atoms with Gasteiger partial charge in [-0.25, -0.2) is 0 Å². The smallest absolute Gasteiger partial charge is 0.0477 e. The minimum Gasteiger partial charge on any atom is -0.382 e. The highest BCUT2D eigenvalue weighted by Gasteiger charge is 1.98. The number of benzene rings is 1. The second-order valence-corrected chi connectivity index (χ2v) is 5.80. The van der Waals surface area contributed by atoms with Crippen molar-refractivity contribution < 1.29 is 4.74 Å². The number of ether oxygens (including phenoxy) is 1. The average molecular weight is 308 g/mol. The van der Waals surface area contributed by atoms with Crippen LogP contribution in [0.15, 0.2) is 23.1 Å². The SMILES string of the molecule is CCOCCCNCCSc1cc(Cl)cc(Cl)c1. The molecule has 2 nitrogen and oxygen atoms in total. The number of thioether (sulfide) groups is 1. The third kappa shape index (κ3) is 7.49. The predicted molar refractivity (Wildman–Crippen MR) is 81.2 cm³/mol. The Hall–Kier alpha value is 0.0700. The highest BCUT2D eigenvalue weighted by atomic mass is 35.5. The van der Waals surface area contributed by atoms with Gasteiger partial charge >= 0.3 is 0 Å². The average Bonchev–Trinajstić information content (AvgIpc) is 2.31. The van der Waals surface area contributed by atoms with Crippen LogP contribution in [0.5, 0.6) is 0 Å². The Morgan fingerprint density at radius 3 is 2.56 bits per heavy atom. The molecule has 0 aliphatic heterocycles. The van der Waals surface area contributed by atoms with Gasteiger partial charge < -0.3 is 10.1 Å². The number of hydrogen-bond acceptors (Lipinski definition) is 3. The van der Waals surface area contributed by atoms with Crippen LogP contribution in [-0.4, -0.2) is 32.1 Å². The van der Waals surface area contributed by atoms with E-state index >= 15 is 0 Å². The van der Waals surface area contributed by atoms with E-state index < -0.39 is 0 Å². The van der Waals surface area contributed by atoms with Crippen molar-refractivity contribution in [3.8, 4) is 0 Å². The molecule has 0 fully saturated rings. The summed E-state index contributed by atoms with van der Waals surface area (Å²) in [6, 6.07) is 5.62. The predicted octanol–water partition coefficient (Wildman–Crippen LogP) is 4.10. The Morgan fingerprint density at radius 1 is 1.17 bits per heavy atom. The van der Waals surface area contributed by atoms with Gasteiger partial charge in [0.05, 0.1) is 0 Å². The molecule has 0 saturated carbocycles. The second kappa shape index (κ2) is 9.93. The van der Waals surface area contributed by atoms with E-state index in [1.807, 2.05) is 19.1 Å². The van der Waals surface area contributed by atoms with Crippen molar-refractivity contribution >= 4 is 35.0 Å². The van der Waals surface area contributed by atoms with Crippen molar-refractivity contribution in [2.24, 2.45) is 0 Å². The van der Waals surface area contributed by atoms with Crippen molar-refractivity contribution in [1.29, 1.82) is 0 Å². The van der Waals surface area contributed by atoms with Crippen LogP contribution in [0.2, 0.25) is 10.0 Å².